The Morgan fingerprint density at radius 1 is 0.917 bits per heavy atom. The van der Waals surface area contributed by atoms with Gasteiger partial charge < -0.3 is 0 Å². The standard InChI is InChI=1S/C12H25/c1-5-7-8-9-11-12(3,4)10-6-2/h3,5-11H2,1-2,4H3. The molecule has 0 aromatic rings. The number of hydrogen-bond acceptors (Lipinski definition) is 0. The van der Waals surface area contributed by atoms with Gasteiger partial charge in [0.1, 0.15) is 0 Å². The third-order valence-corrected chi connectivity index (χ3v) is 2.49. The maximum Gasteiger partial charge on any atom is -0.0326 e. The average molecular weight is 169 g/mol. The van der Waals surface area contributed by atoms with Gasteiger partial charge in [-0.15, -0.1) is 0 Å². The monoisotopic (exact) mass is 169 g/mol. The topological polar surface area (TPSA) is 0 Å². The fraction of sp³-hybridized carbons (Fsp3) is 0.917. The summed E-state index contributed by atoms with van der Waals surface area (Å²) in [5.41, 5.74) is 0.350. The number of rotatable bonds is 7. The molecule has 1 atom stereocenters. The van der Waals surface area contributed by atoms with E-state index in [0.29, 0.717) is 5.41 Å². The van der Waals surface area contributed by atoms with Gasteiger partial charge in [-0.1, -0.05) is 52.9 Å². The zero-order valence-electron chi connectivity index (χ0n) is 9.16. The molecule has 0 N–H and O–H groups in total. The zero-order chi connectivity index (χ0) is 9.45. The van der Waals surface area contributed by atoms with E-state index in [9.17, 15) is 0 Å². The summed E-state index contributed by atoms with van der Waals surface area (Å²) in [5.74, 6) is 0. The van der Waals surface area contributed by atoms with E-state index < -0.39 is 0 Å². The normalized spacial score (nSPS) is 12.0. The van der Waals surface area contributed by atoms with Crippen LogP contribution in [0.3, 0.4) is 0 Å². The first kappa shape index (κ1) is 12.0. The lowest BCUT2D eigenvalue weighted by atomic mass is 9.83. The minimum absolute atomic E-state index is 0.350. The molecule has 1 unspecified atom stereocenters. The molecular weight excluding hydrogens is 144 g/mol. The predicted octanol–water partition coefficient (Wildman–Crippen LogP) is 4.60. The molecule has 0 aromatic heterocycles. The van der Waals surface area contributed by atoms with Gasteiger partial charge in [0.05, 0.1) is 0 Å². The molecule has 0 amide bonds. The lowest BCUT2D eigenvalue weighted by Crippen LogP contribution is -2.10. The predicted molar refractivity (Wildman–Crippen MR) is 57.1 cm³/mol. The molecule has 0 aliphatic heterocycles. The van der Waals surface area contributed by atoms with Crippen molar-refractivity contribution in [3.05, 3.63) is 6.92 Å². The molecule has 0 spiro atoms. The maximum absolute atomic E-state index is 4.26. The highest BCUT2D eigenvalue weighted by Gasteiger charge is 2.15. The van der Waals surface area contributed by atoms with Crippen LogP contribution in [0.4, 0.5) is 0 Å². The van der Waals surface area contributed by atoms with Crippen LogP contribution in [0.15, 0.2) is 0 Å². The second kappa shape index (κ2) is 6.51. The van der Waals surface area contributed by atoms with Crippen LogP contribution in [-0.2, 0) is 0 Å². The van der Waals surface area contributed by atoms with Gasteiger partial charge in [-0.05, 0) is 25.2 Å². The fourth-order valence-corrected chi connectivity index (χ4v) is 1.71. The smallest absolute Gasteiger partial charge is 0.0326 e. The van der Waals surface area contributed by atoms with Crippen LogP contribution >= 0.6 is 0 Å². The van der Waals surface area contributed by atoms with Gasteiger partial charge in [0.2, 0.25) is 0 Å². The molecule has 0 saturated heterocycles. The van der Waals surface area contributed by atoms with Crippen LogP contribution in [0.2, 0.25) is 0 Å². The summed E-state index contributed by atoms with van der Waals surface area (Å²) in [5, 5.41) is 0. The first-order valence-electron chi connectivity index (χ1n) is 5.47. The minimum Gasteiger partial charge on any atom is -0.0654 e. The lowest BCUT2D eigenvalue weighted by molar-refractivity contribution is 0.336. The van der Waals surface area contributed by atoms with Crippen molar-refractivity contribution < 1.29 is 0 Å². The number of hydrogen-bond donors (Lipinski definition) is 0. The molecule has 0 aliphatic carbocycles. The van der Waals surface area contributed by atoms with Crippen molar-refractivity contribution in [2.45, 2.75) is 65.7 Å². The fourth-order valence-electron chi connectivity index (χ4n) is 1.71. The summed E-state index contributed by atoms with van der Waals surface area (Å²) in [6.07, 6.45) is 9.34. The van der Waals surface area contributed by atoms with Crippen molar-refractivity contribution in [1.82, 2.24) is 0 Å². The Morgan fingerprint density at radius 2 is 1.58 bits per heavy atom. The van der Waals surface area contributed by atoms with Crippen molar-refractivity contribution in [2.75, 3.05) is 0 Å². The molecule has 0 aromatic carbocycles. The summed E-state index contributed by atoms with van der Waals surface area (Å²) >= 11 is 0. The lowest BCUT2D eigenvalue weighted by Gasteiger charge is -2.23. The van der Waals surface area contributed by atoms with E-state index in [2.05, 4.69) is 27.7 Å². The zero-order valence-corrected chi connectivity index (χ0v) is 9.16. The Morgan fingerprint density at radius 3 is 2.08 bits per heavy atom. The summed E-state index contributed by atoms with van der Waals surface area (Å²) in [4.78, 5) is 0. The average Bonchev–Trinajstić information content (AvgIpc) is 1.98. The van der Waals surface area contributed by atoms with E-state index in [0.717, 1.165) is 0 Å². The first-order valence-corrected chi connectivity index (χ1v) is 5.47. The third kappa shape index (κ3) is 6.69. The van der Waals surface area contributed by atoms with E-state index >= 15 is 0 Å². The Hall–Kier alpha value is 0. The second-order valence-electron chi connectivity index (χ2n) is 4.37. The van der Waals surface area contributed by atoms with Crippen molar-refractivity contribution in [2.24, 2.45) is 5.41 Å². The highest BCUT2D eigenvalue weighted by Crippen LogP contribution is 2.28. The van der Waals surface area contributed by atoms with Crippen molar-refractivity contribution in [1.29, 1.82) is 0 Å². The molecule has 0 rings (SSSR count). The molecule has 0 saturated carbocycles. The molecule has 12 heavy (non-hydrogen) atoms. The van der Waals surface area contributed by atoms with E-state index in [1.165, 1.54) is 44.9 Å². The van der Waals surface area contributed by atoms with Crippen molar-refractivity contribution in [3.8, 4) is 0 Å². The maximum atomic E-state index is 4.26. The summed E-state index contributed by atoms with van der Waals surface area (Å²) < 4.78 is 0. The van der Waals surface area contributed by atoms with E-state index in [1.807, 2.05) is 0 Å². The Balaban J connectivity index is 3.33. The first-order chi connectivity index (χ1) is 5.62. The van der Waals surface area contributed by atoms with E-state index in [-0.39, 0.29) is 0 Å². The Labute approximate surface area is 78.8 Å². The second-order valence-corrected chi connectivity index (χ2v) is 4.37. The van der Waals surface area contributed by atoms with Crippen molar-refractivity contribution in [3.63, 3.8) is 0 Å². The minimum atomic E-state index is 0.350. The molecular formula is C12H25. The van der Waals surface area contributed by atoms with Gasteiger partial charge in [-0.3, -0.25) is 0 Å². The summed E-state index contributed by atoms with van der Waals surface area (Å²) in [7, 11) is 0. The Kier molecular flexibility index (Phi) is 6.51. The molecule has 73 valence electrons. The van der Waals surface area contributed by atoms with Crippen LogP contribution < -0.4 is 0 Å². The van der Waals surface area contributed by atoms with Gasteiger partial charge in [0, 0.05) is 0 Å². The molecule has 0 heterocycles. The summed E-state index contributed by atoms with van der Waals surface area (Å²) in [6.45, 7) is 11.1. The molecule has 0 aliphatic rings. The number of unbranched alkanes of at least 4 members (excludes halogenated alkanes) is 3. The van der Waals surface area contributed by atoms with Crippen LogP contribution in [0.1, 0.15) is 65.7 Å². The third-order valence-electron chi connectivity index (χ3n) is 2.49. The van der Waals surface area contributed by atoms with Gasteiger partial charge in [-0.25, -0.2) is 0 Å². The highest BCUT2D eigenvalue weighted by molar-refractivity contribution is 4.75. The molecule has 0 heteroatoms. The highest BCUT2D eigenvalue weighted by atomic mass is 14.2. The van der Waals surface area contributed by atoms with Crippen LogP contribution in [0.25, 0.3) is 0 Å². The van der Waals surface area contributed by atoms with Gasteiger partial charge in [0.25, 0.3) is 0 Å². The van der Waals surface area contributed by atoms with E-state index in [4.69, 9.17) is 0 Å². The van der Waals surface area contributed by atoms with Crippen molar-refractivity contribution >= 4 is 0 Å². The van der Waals surface area contributed by atoms with Crippen LogP contribution in [0, 0.1) is 12.3 Å². The van der Waals surface area contributed by atoms with Gasteiger partial charge in [-0.2, -0.15) is 0 Å². The summed E-state index contributed by atoms with van der Waals surface area (Å²) in [6, 6.07) is 0. The molecule has 1 radical (unpaired) electrons. The van der Waals surface area contributed by atoms with E-state index in [1.54, 1.807) is 0 Å². The quantitative estimate of drug-likeness (QED) is 0.489. The molecule has 0 fully saturated rings. The van der Waals surface area contributed by atoms with Crippen LogP contribution in [-0.4, -0.2) is 0 Å². The molecule has 0 nitrogen and oxygen atoms in total. The van der Waals surface area contributed by atoms with Crippen LogP contribution in [0.5, 0.6) is 0 Å². The van der Waals surface area contributed by atoms with Gasteiger partial charge >= 0.3 is 0 Å². The SMILES string of the molecule is [CH2]C(C)(CCC)CCCCCC. The Bertz CT molecular complexity index is 92.2. The van der Waals surface area contributed by atoms with Gasteiger partial charge in [0.15, 0.2) is 0 Å². The largest absolute Gasteiger partial charge is 0.0654 e. The molecule has 0 bridgehead atoms.